The number of benzene rings is 2. The molecule has 0 spiro atoms. The molecular formula is C18H14BrNO3. The molecule has 3 aromatic rings. The van der Waals surface area contributed by atoms with Crippen LogP contribution in [-0.4, -0.2) is 22.7 Å². The first kappa shape index (κ1) is 15.5. The Morgan fingerprint density at radius 3 is 2.74 bits per heavy atom. The number of carboxylic acid groups (broad SMARTS) is 1. The minimum Gasteiger partial charge on any atom is -0.493 e. The van der Waals surface area contributed by atoms with Crippen molar-refractivity contribution in [3.05, 3.63) is 58.6 Å². The highest BCUT2D eigenvalue weighted by molar-refractivity contribution is 9.10. The molecule has 3 rings (SSSR count). The summed E-state index contributed by atoms with van der Waals surface area (Å²) in [7, 11) is 0. The Labute approximate surface area is 141 Å². The zero-order valence-electron chi connectivity index (χ0n) is 12.4. The number of halogens is 1. The van der Waals surface area contributed by atoms with Crippen LogP contribution in [0.15, 0.2) is 53.0 Å². The molecule has 0 saturated carbocycles. The average Bonchev–Trinajstić information content (AvgIpc) is 2.54. The molecule has 1 aromatic heterocycles. The normalized spacial score (nSPS) is 10.7. The maximum atomic E-state index is 11.6. The van der Waals surface area contributed by atoms with Crippen LogP contribution in [-0.2, 0) is 0 Å². The Morgan fingerprint density at radius 1 is 1.22 bits per heavy atom. The van der Waals surface area contributed by atoms with Gasteiger partial charge in [0.1, 0.15) is 5.75 Å². The van der Waals surface area contributed by atoms with E-state index in [2.05, 4.69) is 20.9 Å². The number of rotatable bonds is 4. The van der Waals surface area contributed by atoms with E-state index in [0.29, 0.717) is 29.0 Å². The van der Waals surface area contributed by atoms with Gasteiger partial charge in [-0.05, 0) is 43.3 Å². The number of nitrogens with zero attached hydrogens (tertiary/aromatic N) is 1. The first-order valence-electron chi connectivity index (χ1n) is 7.16. The molecule has 0 fully saturated rings. The number of hydrogen-bond donors (Lipinski definition) is 1. The summed E-state index contributed by atoms with van der Waals surface area (Å²) in [5.41, 5.74) is 2.22. The van der Waals surface area contributed by atoms with Crippen LogP contribution in [0.5, 0.6) is 5.75 Å². The van der Waals surface area contributed by atoms with Crippen LogP contribution in [0.3, 0.4) is 0 Å². The van der Waals surface area contributed by atoms with Crippen LogP contribution in [0.25, 0.3) is 22.2 Å². The predicted octanol–water partition coefficient (Wildman–Crippen LogP) is 4.76. The molecule has 1 N–H and O–H groups in total. The second kappa shape index (κ2) is 6.38. The summed E-state index contributed by atoms with van der Waals surface area (Å²) in [6.07, 6.45) is 0. The third-order valence-electron chi connectivity index (χ3n) is 3.46. The molecule has 0 aliphatic rings. The number of pyridine rings is 1. The molecule has 5 heteroatoms. The third-order valence-corrected chi connectivity index (χ3v) is 3.96. The molecular weight excluding hydrogens is 358 g/mol. The van der Waals surface area contributed by atoms with Crippen molar-refractivity contribution in [1.82, 2.24) is 4.98 Å². The maximum Gasteiger partial charge on any atom is 0.336 e. The molecule has 0 bridgehead atoms. The Hall–Kier alpha value is -2.40. The number of ether oxygens (including phenoxy) is 1. The number of fused-ring (bicyclic) bond motifs is 1. The van der Waals surface area contributed by atoms with Crippen molar-refractivity contribution in [3.8, 4) is 17.0 Å². The fourth-order valence-electron chi connectivity index (χ4n) is 2.47. The second-order valence-corrected chi connectivity index (χ2v) is 5.87. The minimum atomic E-state index is -0.981. The van der Waals surface area contributed by atoms with Crippen LogP contribution in [0.1, 0.15) is 17.3 Å². The van der Waals surface area contributed by atoms with Gasteiger partial charge in [0.05, 0.1) is 23.4 Å². The SMILES string of the molecule is CCOc1ccccc1-c1cc(C(=O)O)c2cc(Br)ccc2n1. The first-order chi connectivity index (χ1) is 11.1. The van der Waals surface area contributed by atoms with Crippen molar-refractivity contribution in [2.45, 2.75) is 6.92 Å². The number of aromatic carboxylic acids is 1. The quantitative estimate of drug-likeness (QED) is 0.717. The van der Waals surface area contributed by atoms with Crippen LogP contribution in [0.4, 0.5) is 0 Å². The van der Waals surface area contributed by atoms with E-state index in [1.165, 1.54) is 0 Å². The summed E-state index contributed by atoms with van der Waals surface area (Å²) in [5, 5.41) is 10.1. The highest BCUT2D eigenvalue weighted by Gasteiger charge is 2.15. The summed E-state index contributed by atoms with van der Waals surface area (Å²) in [6, 6.07) is 14.5. The smallest absolute Gasteiger partial charge is 0.336 e. The van der Waals surface area contributed by atoms with E-state index in [4.69, 9.17) is 4.74 Å². The molecule has 0 unspecified atom stereocenters. The fraction of sp³-hybridized carbons (Fsp3) is 0.111. The molecule has 0 radical (unpaired) electrons. The number of carboxylic acids is 1. The van der Waals surface area contributed by atoms with Gasteiger partial charge in [-0.3, -0.25) is 0 Å². The van der Waals surface area contributed by atoms with Gasteiger partial charge in [0.15, 0.2) is 0 Å². The van der Waals surface area contributed by atoms with E-state index in [1.807, 2.05) is 37.3 Å². The molecule has 0 aliphatic carbocycles. The molecule has 0 amide bonds. The zero-order chi connectivity index (χ0) is 16.4. The molecule has 1 heterocycles. The summed E-state index contributed by atoms with van der Waals surface area (Å²) in [6.45, 7) is 2.44. The Bertz CT molecular complexity index is 893. The zero-order valence-corrected chi connectivity index (χ0v) is 14.0. The third kappa shape index (κ3) is 3.05. The standard InChI is InChI=1S/C18H14BrNO3/c1-2-23-17-6-4-3-5-12(17)16-10-14(18(21)22)13-9-11(19)7-8-15(13)20-16/h3-10H,2H2,1H3,(H,21,22). The van der Waals surface area contributed by atoms with Crippen molar-refractivity contribution < 1.29 is 14.6 Å². The molecule has 0 saturated heterocycles. The van der Waals surface area contributed by atoms with Gasteiger partial charge in [0.25, 0.3) is 0 Å². The lowest BCUT2D eigenvalue weighted by molar-refractivity contribution is 0.0699. The largest absolute Gasteiger partial charge is 0.493 e. The van der Waals surface area contributed by atoms with E-state index in [9.17, 15) is 9.90 Å². The highest BCUT2D eigenvalue weighted by Crippen LogP contribution is 2.32. The summed E-state index contributed by atoms with van der Waals surface area (Å²) < 4.78 is 6.44. The van der Waals surface area contributed by atoms with E-state index >= 15 is 0 Å². The number of aromatic nitrogens is 1. The molecule has 0 atom stereocenters. The van der Waals surface area contributed by atoms with Gasteiger partial charge in [-0.25, -0.2) is 9.78 Å². The monoisotopic (exact) mass is 371 g/mol. The average molecular weight is 372 g/mol. The van der Waals surface area contributed by atoms with Crippen LogP contribution in [0.2, 0.25) is 0 Å². The van der Waals surface area contributed by atoms with E-state index in [1.54, 1.807) is 18.2 Å². The van der Waals surface area contributed by atoms with Crippen molar-refractivity contribution in [2.75, 3.05) is 6.61 Å². The topological polar surface area (TPSA) is 59.4 Å². The van der Waals surface area contributed by atoms with Gasteiger partial charge in [0, 0.05) is 15.4 Å². The van der Waals surface area contributed by atoms with Crippen LogP contribution in [0, 0.1) is 0 Å². The van der Waals surface area contributed by atoms with Gasteiger partial charge >= 0.3 is 5.97 Å². The lowest BCUT2D eigenvalue weighted by atomic mass is 10.0. The Balaban J connectivity index is 2.27. The van der Waals surface area contributed by atoms with Gasteiger partial charge in [-0.1, -0.05) is 28.1 Å². The van der Waals surface area contributed by atoms with Gasteiger partial charge in [0.2, 0.25) is 0 Å². The minimum absolute atomic E-state index is 0.220. The molecule has 2 aromatic carbocycles. The van der Waals surface area contributed by atoms with E-state index in [0.717, 1.165) is 10.0 Å². The first-order valence-corrected chi connectivity index (χ1v) is 7.95. The van der Waals surface area contributed by atoms with Crippen LogP contribution < -0.4 is 4.74 Å². The molecule has 23 heavy (non-hydrogen) atoms. The van der Waals surface area contributed by atoms with Crippen molar-refractivity contribution in [2.24, 2.45) is 0 Å². The molecule has 116 valence electrons. The summed E-state index contributed by atoms with van der Waals surface area (Å²) >= 11 is 3.37. The number of hydrogen-bond acceptors (Lipinski definition) is 3. The van der Waals surface area contributed by atoms with E-state index in [-0.39, 0.29) is 5.56 Å². The van der Waals surface area contributed by atoms with Crippen LogP contribution >= 0.6 is 15.9 Å². The van der Waals surface area contributed by atoms with Gasteiger partial charge in [-0.2, -0.15) is 0 Å². The number of carbonyl (C=O) groups is 1. The van der Waals surface area contributed by atoms with E-state index < -0.39 is 5.97 Å². The lowest BCUT2D eigenvalue weighted by Crippen LogP contribution is -2.01. The highest BCUT2D eigenvalue weighted by atomic mass is 79.9. The molecule has 4 nitrogen and oxygen atoms in total. The number of para-hydroxylation sites is 1. The summed E-state index contributed by atoms with van der Waals surface area (Å²) in [4.78, 5) is 16.3. The Morgan fingerprint density at radius 2 is 2.00 bits per heavy atom. The summed E-state index contributed by atoms with van der Waals surface area (Å²) in [5.74, 6) is -0.291. The Kier molecular flexibility index (Phi) is 4.30. The fourth-order valence-corrected chi connectivity index (χ4v) is 2.83. The lowest BCUT2D eigenvalue weighted by Gasteiger charge is -2.11. The van der Waals surface area contributed by atoms with Crippen molar-refractivity contribution >= 4 is 32.8 Å². The predicted molar refractivity (Wildman–Crippen MR) is 93.0 cm³/mol. The second-order valence-electron chi connectivity index (χ2n) is 4.95. The maximum absolute atomic E-state index is 11.6. The molecule has 0 aliphatic heterocycles. The van der Waals surface area contributed by atoms with Gasteiger partial charge in [-0.15, -0.1) is 0 Å². The van der Waals surface area contributed by atoms with Crippen molar-refractivity contribution in [1.29, 1.82) is 0 Å². The van der Waals surface area contributed by atoms with Crippen molar-refractivity contribution in [3.63, 3.8) is 0 Å². The van der Waals surface area contributed by atoms with Gasteiger partial charge < -0.3 is 9.84 Å².